The molecule has 0 saturated carbocycles. The SMILES string of the molecule is Cc1cc(Br)ccc1NCc1cc(Br)c(OCc2ccccc2F)c(Br)c1. The molecule has 0 fully saturated rings. The van der Waals surface area contributed by atoms with Crippen LogP contribution in [0.15, 0.2) is 68.0 Å². The summed E-state index contributed by atoms with van der Waals surface area (Å²) in [4.78, 5) is 0. The Morgan fingerprint density at radius 1 is 0.963 bits per heavy atom. The van der Waals surface area contributed by atoms with Gasteiger partial charge >= 0.3 is 0 Å². The van der Waals surface area contributed by atoms with Gasteiger partial charge in [-0.1, -0.05) is 34.1 Å². The highest BCUT2D eigenvalue weighted by Crippen LogP contribution is 2.36. The van der Waals surface area contributed by atoms with Crippen LogP contribution in [0.4, 0.5) is 10.1 Å². The zero-order chi connectivity index (χ0) is 19.4. The lowest BCUT2D eigenvalue weighted by Crippen LogP contribution is -2.03. The van der Waals surface area contributed by atoms with Crippen LogP contribution in [0.5, 0.6) is 5.75 Å². The van der Waals surface area contributed by atoms with Gasteiger partial charge in [-0.3, -0.25) is 0 Å². The molecule has 0 amide bonds. The fraction of sp³-hybridized carbons (Fsp3) is 0.143. The number of anilines is 1. The molecule has 3 rings (SSSR count). The first-order chi connectivity index (χ1) is 12.9. The van der Waals surface area contributed by atoms with Crippen molar-refractivity contribution in [1.29, 1.82) is 0 Å². The lowest BCUT2D eigenvalue weighted by molar-refractivity contribution is 0.296. The summed E-state index contributed by atoms with van der Waals surface area (Å²) in [5.41, 5.74) is 3.87. The molecule has 0 saturated heterocycles. The van der Waals surface area contributed by atoms with Crippen molar-refractivity contribution in [1.82, 2.24) is 0 Å². The summed E-state index contributed by atoms with van der Waals surface area (Å²) in [5.74, 6) is 0.386. The van der Waals surface area contributed by atoms with E-state index in [2.05, 4.69) is 72.2 Å². The van der Waals surface area contributed by atoms with Crippen LogP contribution in [-0.2, 0) is 13.2 Å². The average molecular weight is 558 g/mol. The quantitative estimate of drug-likeness (QED) is 0.337. The van der Waals surface area contributed by atoms with Gasteiger partial charge in [0.2, 0.25) is 0 Å². The lowest BCUT2D eigenvalue weighted by atomic mass is 10.1. The van der Waals surface area contributed by atoms with Gasteiger partial charge in [0.25, 0.3) is 0 Å². The second-order valence-electron chi connectivity index (χ2n) is 6.08. The van der Waals surface area contributed by atoms with Crippen LogP contribution in [0.2, 0.25) is 0 Å². The van der Waals surface area contributed by atoms with Crippen molar-refractivity contribution in [3.05, 3.63) is 90.5 Å². The van der Waals surface area contributed by atoms with E-state index in [1.807, 2.05) is 18.2 Å². The van der Waals surface area contributed by atoms with E-state index in [0.29, 0.717) is 17.9 Å². The van der Waals surface area contributed by atoms with Crippen LogP contribution < -0.4 is 10.1 Å². The Labute approximate surface area is 183 Å². The molecule has 0 aliphatic heterocycles. The van der Waals surface area contributed by atoms with E-state index in [0.717, 1.165) is 24.7 Å². The molecule has 0 heterocycles. The maximum atomic E-state index is 13.8. The smallest absolute Gasteiger partial charge is 0.148 e. The lowest BCUT2D eigenvalue weighted by Gasteiger charge is -2.14. The summed E-state index contributed by atoms with van der Waals surface area (Å²) in [7, 11) is 0. The summed E-state index contributed by atoms with van der Waals surface area (Å²) in [6, 6.07) is 16.8. The van der Waals surface area contributed by atoms with Crippen molar-refractivity contribution < 1.29 is 9.13 Å². The number of ether oxygens (including phenoxy) is 1. The molecule has 0 atom stereocenters. The van der Waals surface area contributed by atoms with E-state index in [4.69, 9.17) is 4.74 Å². The van der Waals surface area contributed by atoms with Crippen molar-refractivity contribution >= 4 is 53.5 Å². The second kappa shape index (κ2) is 9.22. The Kier molecular flexibility index (Phi) is 6.95. The van der Waals surface area contributed by atoms with E-state index in [9.17, 15) is 4.39 Å². The Balaban J connectivity index is 1.70. The topological polar surface area (TPSA) is 21.3 Å². The highest BCUT2D eigenvalue weighted by Gasteiger charge is 2.11. The summed E-state index contributed by atoms with van der Waals surface area (Å²) in [5, 5.41) is 3.44. The van der Waals surface area contributed by atoms with E-state index in [-0.39, 0.29) is 12.4 Å². The van der Waals surface area contributed by atoms with Crippen LogP contribution in [-0.4, -0.2) is 0 Å². The molecule has 2 nitrogen and oxygen atoms in total. The van der Waals surface area contributed by atoms with Gasteiger partial charge in [0.15, 0.2) is 0 Å². The fourth-order valence-corrected chi connectivity index (χ4v) is 4.63. The molecule has 140 valence electrons. The van der Waals surface area contributed by atoms with Gasteiger partial charge in [0.1, 0.15) is 18.2 Å². The molecule has 0 unspecified atom stereocenters. The molecule has 0 aliphatic carbocycles. The van der Waals surface area contributed by atoms with Gasteiger partial charge in [0, 0.05) is 22.3 Å². The first-order valence-corrected chi connectivity index (χ1v) is 10.7. The minimum atomic E-state index is -0.268. The van der Waals surface area contributed by atoms with Crippen molar-refractivity contribution in [3.63, 3.8) is 0 Å². The molecule has 0 aliphatic rings. The standard InChI is InChI=1S/C21H17Br3FNO/c1-13-8-16(22)6-7-20(13)26-11-14-9-17(23)21(18(24)10-14)27-12-15-4-2-3-5-19(15)25/h2-10,26H,11-12H2,1H3. The molecule has 0 radical (unpaired) electrons. The first-order valence-electron chi connectivity index (χ1n) is 8.28. The monoisotopic (exact) mass is 555 g/mol. The highest BCUT2D eigenvalue weighted by atomic mass is 79.9. The van der Waals surface area contributed by atoms with Crippen LogP contribution in [0, 0.1) is 12.7 Å². The van der Waals surface area contributed by atoms with Crippen LogP contribution >= 0.6 is 47.8 Å². The summed E-state index contributed by atoms with van der Waals surface area (Å²) in [6.07, 6.45) is 0. The summed E-state index contributed by atoms with van der Waals surface area (Å²) >= 11 is 10.6. The number of hydrogen-bond acceptors (Lipinski definition) is 2. The van der Waals surface area contributed by atoms with Gasteiger partial charge in [-0.05, 0) is 86.3 Å². The van der Waals surface area contributed by atoms with Crippen molar-refractivity contribution in [2.45, 2.75) is 20.1 Å². The minimum Gasteiger partial charge on any atom is -0.486 e. The number of benzene rings is 3. The minimum absolute atomic E-state index is 0.166. The van der Waals surface area contributed by atoms with Crippen molar-refractivity contribution in [2.75, 3.05) is 5.32 Å². The average Bonchev–Trinajstić information content (AvgIpc) is 2.61. The third-order valence-corrected chi connectivity index (χ3v) is 5.73. The molecule has 0 spiro atoms. The molecule has 6 heteroatoms. The Morgan fingerprint density at radius 3 is 2.33 bits per heavy atom. The van der Waals surface area contributed by atoms with Gasteiger partial charge in [0.05, 0.1) is 8.95 Å². The first kappa shape index (κ1) is 20.4. The normalized spacial score (nSPS) is 10.7. The van der Waals surface area contributed by atoms with E-state index in [1.54, 1.807) is 18.2 Å². The molecule has 27 heavy (non-hydrogen) atoms. The predicted molar refractivity (Wildman–Crippen MR) is 119 cm³/mol. The number of aryl methyl sites for hydroxylation is 1. The molecular formula is C21H17Br3FNO. The van der Waals surface area contributed by atoms with Crippen LogP contribution in [0.1, 0.15) is 16.7 Å². The van der Waals surface area contributed by atoms with Gasteiger partial charge in [-0.15, -0.1) is 0 Å². The van der Waals surface area contributed by atoms with Gasteiger partial charge < -0.3 is 10.1 Å². The third-order valence-electron chi connectivity index (χ3n) is 4.06. The van der Waals surface area contributed by atoms with E-state index >= 15 is 0 Å². The van der Waals surface area contributed by atoms with Crippen molar-refractivity contribution in [2.24, 2.45) is 0 Å². The summed E-state index contributed by atoms with van der Waals surface area (Å²) in [6.45, 7) is 2.91. The predicted octanol–water partition coefficient (Wildman–Crippen LogP) is 7.61. The zero-order valence-electron chi connectivity index (χ0n) is 14.5. The van der Waals surface area contributed by atoms with Crippen molar-refractivity contribution in [3.8, 4) is 5.75 Å². The van der Waals surface area contributed by atoms with Crippen LogP contribution in [0.3, 0.4) is 0 Å². The van der Waals surface area contributed by atoms with Gasteiger partial charge in [-0.2, -0.15) is 0 Å². The highest BCUT2D eigenvalue weighted by molar-refractivity contribution is 9.11. The largest absolute Gasteiger partial charge is 0.486 e. The Hall–Kier alpha value is -1.37. The molecule has 0 aromatic heterocycles. The number of rotatable bonds is 6. The van der Waals surface area contributed by atoms with E-state index < -0.39 is 0 Å². The molecule has 3 aromatic rings. The molecule has 3 aromatic carbocycles. The number of hydrogen-bond donors (Lipinski definition) is 1. The second-order valence-corrected chi connectivity index (χ2v) is 8.71. The maximum absolute atomic E-state index is 13.8. The number of halogens is 4. The summed E-state index contributed by atoms with van der Waals surface area (Å²) < 4.78 is 22.3. The van der Waals surface area contributed by atoms with Crippen LogP contribution in [0.25, 0.3) is 0 Å². The maximum Gasteiger partial charge on any atom is 0.148 e. The van der Waals surface area contributed by atoms with E-state index in [1.165, 1.54) is 11.6 Å². The van der Waals surface area contributed by atoms with Gasteiger partial charge in [-0.25, -0.2) is 4.39 Å². The molecular weight excluding hydrogens is 541 g/mol. The number of nitrogens with one attached hydrogen (secondary N) is 1. The Bertz CT molecular complexity index is 939. The molecule has 1 N–H and O–H groups in total. The zero-order valence-corrected chi connectivity index (χ0v) is 19.3. The third kappa shape index (κ3) is 5.33. The fourth-order valence-electron chi connectivity index (χ4n) is 2.64. The Morgan fingerprint density at radius 2 is 1.67 bits per heavy atom. The molecule has 0 bridgehead atoms.